The van der Waals surface area contributed by atoms with Crippen molar-refractivity contribution in [2.24, 2.45) is 0 Å². The molecule has 4 aliphatic rings. The Morgan fingerprint density at radius 2 is 1.30 bits per heavy atom. The van der Waals surface area contributed by atoms with E-state index in [9.17, 15) is 19.2 Å². The summed E-state index contributed by atoms with van der Waals surface area (Å²) in [5.74, 6) is 1.96. The van der Waals surface area contributed by atoms with Crippen molar-refractivity contribution in [1.82, 2.24) is 0 Å². The van der Waals surface area contributed by atoms with Gasteiger partial charge in [-0.1, -0.05) is 71.8 Å². The molecule has 360 valence electrons. The first-order valence-corrected chi connectivity index (χ1v) is 26.7. The number of nitrogens with one attached hydrogen (secondary N) is 1. The zero-order chi connectivity index (χ0) is 48.4. The van der Waals surface area contributed by atoms with E-state index in [0.29, 0.717) is 65.2 Å². The van der Waals surface area contributed by atoms with Gasteiger partial charge in [0.05, 0.1) is 7.11 Å². The molecule has 0 saturated heterocycles. The number of anilines is 3. The highest BCUT2D eigenvalue weighted by Gasteiger charge is 2.39. The molecule has 0 aromatic heterocycles. The lowest BCUT2D eigenvalue weighted by molar-refractivity contribution is -0.119. The average Bonchev–Trinajstić information content (AvgIpc) is 3.84. The van der Waals surface area contributed by atoms with Gasteiger partial charge in [0, 0.05) is 69.5 Å². The Morgan fingerprint density at radius 1 is 0.739 bits per heavy atom. The third-order valence-electron chi connectivity index (χ3n) is 14.1. The van der Waals surface area contributed by atoms with Gasteiger partial charge in [0.15, 0.2) is 11.5 Å². The van der Waals surface area contributed by atoms with Crippen molar-refractivity contribution in [1.29, 1.82) is 0 Å². The normalized spacial score (nSPS) is 17.4. The van der Waals surface area contributed by atoms with Crippen LogP contribution in [0, 0.1) is 6.92 Å². The minimum Gasteiger partial charge on any atom is -0.493 e. The van der Waals surface area contributed by atoms with Crippen molar-refractivity contribution in [2.45, 2.75) is 141 Å². The molecule has 0 aliphatic carbocycles. The van der Waals surface area contributed by atoms with Gasteiger partial charge in [-0.25, -0.2) is 0 Å². The standard InChI is InChI=1S/C57H63N3O7S2/c1-7-46(61)21-16-36(3)68-69-57(4,5)23-22-54(62)58-43-26-37(33-66-51-30-39-17-19-44-28-41-12-8-10-14-49(41)59(44)55(63)47(39)24-35(51)2)25-38(27-43)34-67-53-31-40-18-20-45-29-42-13-9-11-15-50(42)60(45)56(64)48(40)32-52(53)65-6/h8-15,24-27,30-32,36,44-45H,7,16-23,28-29,33-34H2,1-6H3,(H,58,62)/t36?,44-,45-/m1/s1. The van der Waals surface area contributed by atoms with Crippen LogP contribution in [-0.4, -0.2) is 52.7 Å². The lowest BCUT2D eigenvalue weighted by atomic mass is 9.98. The van der Waals surface area contributed by atoms with E-state index in [1.165, 1.54) is 11.1 Å². The number of para-hydroxylation sites is 2. The van der Waals surface area contributed by atoms with Crippen LogP contribution in [0.3, 0.4) is 0 Å². The summed E-state index contributed by atoms with van der Waals surface area (Å²) < 4.78 is 18.8. The molecule has 3 atom stereocenters. The second-order valence-corrected chi connectivity index (χ2v) is 23.0. The number of amides is 3. The summed E-state index contributed by atoms with van der Waals surface area (Å²) in [5.41, 5.74) is 10.9. The summed E-state index contributed by atoms with van der Waals surface area (Å²) in [4.78, 5) is 57.7. The number of ketones is 1. The summed E-state index contributed by atoms with van der Waals surface area (Å²) >= 11 is 0. The van der Waals surface area contributed by atoms with Gasteiger partial charge >= 0.3 is 0 Å². The van der Waals surface area contributed by atoms with E-state index in [4.69, 9.17) is 14.2 Å². The van der Waals surface area contributed by atoms with Gasteiger partial charge in [0.25, 0.3) is 11.8 Å². The van der Waals surface area contributed by atoms with Crippen molar-refractivity contribution in [3.05, 3.63) is 141 Å². The summed E-state index contributed by atoms with van der Waals surface area (Å²) in [7, 11) is 5.15. The van der Waals surface area contributed by atoms with Gasteiger partial charge in [0.1, 0.15) is 24.7 Å². The van der Waals surface area contributed by atoms with E-state index in [1.54, 1.807) is 28.7 Å². The highest BCUT2D eigenvalue weighted by atomic mass is 33.1. The van der Waals surface area contributed by atoms with Crippen LogP contribution in [0.4, 0.5) is 17.1 Å². The SMILES string of the molecule is CCC(=O)CCC(C)SSC(C)(C)CCC(=O)Nc1cc(COc2cc3c(cc2C)C(=O)N2c4ccccc4C[C@H]2CC3)cc(COc2cc3c(cc2OC)C(=O)N2c4ccccc4C[C@H]2CC3)c1. The lowest BCUT2D eigenvalue weighted by Crippen LogP contribution is -2.36. The predicted octanol–water partition coefficient (Wildman–Crippen LogP) is 12.2. The topological polar surface area (TPSA) is 114 Å². The van der Waals surface area contributed by atoms with E-state index in [0.717, 1.165) is 89.7 Å². The molecule has 0 bridgehead atoms. The molecule has 0 radical (unpaired) electrons. The fourth-order valence-electron chi connectivity index (χ4n) is 10.2. The number of carbonyl (C=O) groups excluding carboxylic acids is 4. The van der Waals surface area contributed by atoms with E-state index in [-0.39, 0.29) is 47.8 Å². The molecule has 1 N–H and O–H groups in total. The summed E-state index contributed by atoms with van der Waals surface area (Å²) in [6, 6.07) is 30.3. The molecule has 5 aromatic carbocycles. The molecule has 69 heavy (non-hydrogen) atoms. The maximum atomic E-state index is 14.1. The lowest BCUT2D eigenvalue weighted by Gasteiger charge is -2.24. The van der Waals surface area contributed by atoms with E-state index in [1.807, 2.05) is 96.4 Å². The molecule has 3 amide bonds. The molecule has 10 nitrogen and oxygen atoms in total. The molecule has 12 heteroatoms. The highest BCUT2D eigenvalue weighted by molar-refractivity contribution is 8.77. The van der Waals surface area contributed by atoms with Crippen LogP contribution in [0.2, 0.25) is 0 Å². The van der Waals surface area contributed by atoms with Crippen molar-refractivity contribution >= 4 is 62.2 Å². The predicted molar refractivity (Wildman–Crippen MR) is 279 cm³/mol. The number of hydrogen-bond donors (Lipinski definition) is 1. The Balaban J connectivity index is 0.923. The second-order valence-electron chi connectivity index (χ2n) is 19.7. The minimum absolute atomic E-state index is 0.0202. The van der Waals surface area contributed by atoms with E-state index < -0.39 is 0 Å². The highest BCUT2D eigenvalue weighted by Crippen LogP contribution is 2.44. The quantitative estimate of drug-likeness (QED) is 0.0857. The minimum atomic E-state index is -0.158. The summed E-state index contributed by atoms with van der Waals surface area (Å²) in [6.45, 7) is 10.8. The number of ether oxygens (including phenoxy) is 3. The maximum Gasteiger partial charge on any atom is 0.258 e. The molecule has 5 aromatic rings. The van der Waals surface area contributed by atoms with Gasteiger partial charge in [0.2, 0.25) is 5.91 Å². The van der Waals surface area contributed by atoms with Crippen LogP contribution in [0.25, 0.3) is 0 Å². The summed E-state index contributed by atoms with van der Waals surface area (Å²) in [6.07, 6.45) is 7.95. The molecule has 0 spiro atoms. The average molecular weight is 966 g/mol. The number of nitrogens with zero attached hydrogens (tertiary/aromatic N) is 2. The number of benzene rings is 5. The molecule has 0 saturated carbocycles. The Morgan fingerprint density at radius 3 is 1.90 bits per heavy atom. The number of hydrogen-bond acceptors (Lipinski definition) is 9. The zero-order valence-electron chi connectivity index (χ0n) is 40.7. The smallest absolute Gasteiger partial charge is 0.258 e. The van der Waals surface area contributed by atoms with Crippen LogP contribution < -0.4 is 29.3 Å². The molecule has 4 aliphatic heterocycles. The third kappa shape index (κ3) is 10.7. The Hall–Kier alpha value is -5.72. The summed E-state index contributed by atoms with van der Waals surface area (Å²) in [5, 5.41) is 3.51. The Labute approximate surface area is 414 Å². The molecule has 9 rings (SSSR count). The number of carbonyl (C=O) groups is 4. The Kier molecular flexibility index (Phi) is 14.5. The Bertz CT molecular complexity index is 2790. The molecule has 4 heterocycles. The fourth-order valence-corrected chi connectivity index (χ4v) is 12.9. The zero-order valence-corrected chi connectivity index (χ0v) is 42.3. The van der Waals surface area contributed by atoms with Gasteiger partial charge in [-0.15, -0.1) is 0 Å². The van der Waals surface area contributed by atoms with Crippen LogP contribution in [0.15, 0.2) is 91.0 Å². The van der Waals surface area contributed by atoms with Gasteiger partial charge in [-0.3, -0.25) is 19.2 Å². The van der Waals surface area contributed by atoms with Crippen LogP contribution in [0.1, 0.15) is 132 Å². The first-order chi connectivity index (χ1) is 33.3. The molecule has 1 unspecified atom stereocenters. The number of methoxy groups -OCH3 is 1. The number of aryl methyl sites for hydroxylation is 3. The fraction of sp³-hybridized carbons (Fsp3) is 0.404. The van der Waals surface area contributed by atoms with E-state index >= 15 is 0 Å². The monoisotopic (exact) mass is 965 g/mol. The third-order valence-corrected chi connectivity index (χ3v) is 18.0. The van der Waals surface area contributed by atoms with Crippen LogP contribution >= 0.6 is 21.6 Å². The first-order valence-electron chi connectivity index (χ1n) is 24.5. The van der Waals surface area contributed by atoms with Gasteiger partial charge in [-0.2, -0.15) is 0 Å². The molecular weight excluding hydrogens is 903 g/mol. The number of rotatable bonds is 18. The molecular formula is C57H63N3O7S2. The second kappa shape index (κ2) is 20.7. The first kappa shape index (κ1) is 48.3. The van der Waals surface area contributed by atoms with Crippen molar-refractivity contribution < 1.29 is 33.4 Å². The number of fused-ring (bicyclic) bond motifs is 8. The van der Waals surface area contributed by atoms with Crippen molar-refractivity contribution in [3.63, 3.8) is 0 Å². The largest absolute Gasteiger partial charge is 0.493 e. The van der Waals surface area contributed by atoms with Crippen molar-refractivity contribution in [2.75, 3.05) is 22.2 Å². The van der Waals surface area contributed by atoms with E-state index in [2.05, 4.69) is 44.3 Å². The van der Waals surface area contributed by atoms with Crippen molar-refractivity contribution in [3.8, 4) is 17.2 Å². The maximum absolute atomic E-state index is 14.1. The van der Waals surface area contributed by atoms with Crippen LogP contribution in [-0.2, 0) is 48.5 Å². The van der Waals surface area contributed by atoms with Crippen LogP contribution in [0.5, 0.6) is 17.2 Å². The number of Topliss-reactive ketones (excluding diaryl/α,β-unsaturated/α-hetero) is 1. The van der Waals surface area contributed by atoms with Gasteiger partial charge in [-0.05, 0) is 166 Å². The molecule has 0 fully saturated rings. The van der Waals surface area contributed by atoms with Gasteiger partial charge < -0.3 is 29.3 Å².